The maximum atomic E-state index is 10.7. The summed E-state index contributed by atoms with van der Waals surface area (Å²) in [6.07, 6.45) is 8.69. The zero-order valence-electron chi connectivity index (χ0n) is 9.45. The molecule has 0 bridgehead atoms. The summed E-state index contributed by atoms with van der Waals surface area (Å²) in [5, 5.41) is 8.76. The maximum absolute atomic E-state index is 10.7. The molecule has 1 fully saturated rings. The average Bonchev–Trinajstić information content (AvgIpc) is 2.56. The van der Waals surface area contributed by atoms with Gasteiger partial charge in [-0.15, -0.1) is 0 Å². The van der Waals surface area contributed by atoms with Crippen molar-refractivity contribution in [3.63, 3.8) is 0 Å². The molecule has 0 saturated heterocycles. The quantitative estimate of drug-likeness (QED) is 0.796. The van der Waals surface area contributed by atoms with E-state index in [1.165, 1.54) is 38.5 Å². The fraction of sp³-hybridized carbons (Fsp3) is 0.615. The molecular formula is C13H18O3. The molecule has 3 nitrogen and oxygen atoms in total. The molecule has 0 aromatic carbocycles. The van der Waals surface area contributed by atoms with Crippen LogP contribution in [0.25, 0.3) is 0 Å². The molecule has 1 aliphatic rings. The first kappa shape index (κ1) is 11.2. The van der Waals surface area contributed by atoms with Crippen LogP contribution in [-0.2, 0) is 6.42 Å². The molecule has 1 heterocycles. The molecule has 0 unspecified atom stereocenters. The first-order chi connectivity index (χ1) is 7.75. The summed E-state index contributed by atoms with van der Waals surface area (Å²) < 4.78 is 5.29. The average molecular weight is 222 g/mol. The van der Waals surface area contributed by atoms with Crippen LogP contribution >= 0.6 is 0 Å². The van der Waals surface area contributed by atoms with Crippen LogP contribution in [0.3, 0.4) is 0 Å². The van der Waals surface area contributed by atoms with Gasteiger partial charge in [0.15, 0.2) is 0 Å². The number of carboxylic acid groups (broad SMARTS) is 1. The Morgan fingerprint density at radius 2 is 1.94 bits per heavy atom. The Morgan fingerprint density at radius 1 is 1.25 bits per heavy atom. The van der Waals surface area contributed by atoms with Crippen molar-refractivity contribution >= 4 is 5.97 Å². The molecule has 1 aliphatic carbocycles. The van der Waals surface area contributed by atoms with E-state index in [1.807, 2.05) is 0 Å². The van der Waals surface area contributed by atoms with Crippen LogP contribution in [0, 0.1) is 5.92 Å². The lowest BCUT2D eigenvalue weighted by molar-refractivity contribution is 0.0660. The summed E-state index contributed by atoms with van der Waals surface area (Å²) >= 11 is 0. The predicted molar refractivity (Wildman–Crippen MR) is 60.6 cm³/mol. The summed E-state index contributed by atoms with van der Waals surface area (Å²) in [6, 6.07) is 3.35. The van der Waals surface area contributed by atoms with Crippen molar-refractivity contribution in [2.45, 2.75) is 44.9 Å². The molecule has 0 radical (unpaired) electrons. The van der Waals surface area contributed by atoms with Crippen LogP contribution in [-0.4, -0.2) is 11.1 Å². The maximum Gasteiger partial charge on any atom is 0.371 e. The van der Waals surface area contributed by atoms with Gasteiger partial charge in [-0.05, 0) is 18.1 Å². The number of rotatable bonds is 3. The largest absolute Gasteiger partial charge is 0.475 e. The normalized spacial score (nSPS) is 18.2. The molecule has 1 N–H and O–H groups in total. The molecule has 16 heavy (non-hydrogen) atoms. The zero-order valence-corrected chi connectivity index (χ0v) is 9.45. The van der Waals surface area contributed by atoms with Gasteiger partial charge in [-0.2, -0.15) is 0 Å². The number of furan rings is 1. The monoisotopic (exact) mass is 222 g/mol. The number of carboxylic acids is 1. The Balaban J connectivity index is 1.94. The summed E-state index contributed by atoms with van der Waals surface area (Å²) in [4.78, 5) is 10.7. The van der Waals surface area contributed by atoms with E-state index in [0.29, 0.717) is 5.92 Å². The van der Waals surface area contributed by atoms with Gasteiger partial charge in [0, 0.05) is 6.42 Å². The number of carbonyl (C=O) groups is 1. The fourth-order valence-electron chi connectivity index (χ4n) is 2.46. The Bertz CT molecular complexity index is 346. The minimum absolute atomic E-state index is 0.0589. The van der Waals surface area contributed by atoms with Gasteiger partial charge in [0.25, 0.3) is 0 Å². The van der Waals surface area contributed by atoms with E-state index in [1.54, 1.807) is 12.1 Å². The highest BCUT2D eigenvalue weighted by molar-refractivity contribution is 5.84. The summed E-state index contributed by atoms with van der Waals surface area (Å²) in [6.45, 7) is 0. The molecule has 1 aromatic rings. The molecule has 88 valence electrons. The second kappa shape index (κ2) is 5.19. The summed E-state index contributed by atoms with van der Waals surface area (Å²) in [5.74, 6) is 0.579. The van der Waals surface area contributed by atoms with E-state index < -0.39 is 5.97 Å². The van der Waals surface area contributed by atoms with Crippen molar-refractivity contribution in [2.75, 3.05) is 0 Å². The van der Waals surface area contributed by atoms with Gasteiger partial charge >= 0.3 is 5.97 Å². The fourth-order valence-corrected chi connectivity index (χ4v) is 2.46. The lowest BCUT2D eigenvalue weighted by atomic mass is 9.95. The van der Waals surface area contributed by atoms with Gasteiger partial charge < -0.3 is 9.52 Å². The van der Waals surface area contributed by atoms with E-state index >= 15 is 0 Å². The third-order valence-electron chi connectivity index (χ3n) is 3.34. The van der Waals surface area contributed by atoms with Crippen LogP contribution in [0.5, 0.6) is 0 Å². The van der Waals surface area contributed by atoms with Crippen LogP contribution in [0.1, 0.15) is 54.8 Å². The molecule has 3 heteroatoms. The molecule has 0 aliphatic heterocycles. The topological polar surface area (TPSA) is 50.4 Å². The lowest BCUT2D eigenvalue weighted by Gasteiger charge is -2.11. The van der Waals surface area contributed by atoms with E-state index in [4.69, 9.17) is 9.52 Å². The van der Waals surface area contributed by atoms with Gasteiger partial charge in [-0.3, -0.25) is 0 Å². The minimum atomic E-state index is -0.980. The first-order valence-corrected chi connectivity index (χ1v) is 6.07. The van der Waals surface area contributed by atoms with Crippen LogP contribution < -0.4 is 0 Å². The summed E-state index contributed by atoms with van der Waals surface area (Å²) in [7, 11) is 0. The predicted octanol–water partition coefficient (Wildman–Crippen LogP) is 3.49. The van der Waals surface area contributed by atoms with Crippen molar-refractivity contribution in [1.29, 1.82) is 0 Å². The van der Waals surface area contributed by atoms with Crippen LogP contribution in [0.4, 0.5) is 0 Å². The zero-order chi connectivity index (χ0) is 11.4. The SMILES string of the molecule is O=C(O)c1ccc(CC2CCCCCC2)o1. The molecule has 1 saturated carbocycles. The third kappa shape index (κ3) is 2.87. The van der Waals surface area contributed by atoms with Crippen molar-refractivity contribution in [3.05, 3.63) is 23.7 Å². The molecule has 0 atom stereocenters. The van der Waals surface area contributed by atoms with Crippen molar-refractivity contribution < 1.29 is 14.3 Å². The third-order valence-corrected chi connectivity index (χ3v) is 3.34. The molecule has 1 aromatic heterocycles. The van der Waals surface area contributed by atoms with E-state index in [-0.39, 0.29) is 5.76 Å². The van der Waals surface area contributed by atoms with Crippen LogP contribution in [0.2, 0.25) is 0 Å². The standard InChI is InChI=1S/C13H18O3/c14-13(15)12-8-7-11(16-12)9-10-5-3-1-2-4-6-10/h7-8,10H,1-6,9H2,(H,14,15). The second-order valence-corrected chi connectivity index (χ2v) is 4.63. The van der Waals surface area contributed by atoms with Gasteiger partial charge in [0.2, 0.25) is 5.76 Å². The minimum Gasteiger partial charge on any atom is -0.475 e. The lowest BCUT2D eigenvalue weighted by Crippen LogP contribution is -2.02. The van der Waals surface area contributed by atoms with Gasteiger partial charge in [-0.25, -0.2) is 4.79 Å². The van der Waals surface area contributed by atoms with Gasteiger partial charge in [0.1, 0.15) is 5.76 Å². The Labute approximate surface area is 95.5 Å². The van der Waals surface area contributed by atoms with Crippen LogP contribution in [0.15, 0.2) is 16.5 Å². The van der Waals surface area contributed by atoms with Crippen molar-refractivity contribution in [2.24, 2.45) is 5.92 Å². The number of aromatic carboxylic acids is 1. The molecule has 0 amide bonds. The molecule has 2 rings (SSSR count). The van der Waals surface area contributed by atoms with E-state index in [9.17, 15) is 4.79 Å². The van der Waals surface area contributed by atoms with E-state index in [0.717, 1.165) is 12.2 Å². The highest BCUT2D eigenvalue weighted by Crippen LogP contribution is 2.26. The highest BCUT2D eigenvalue weighted by Gasteiger charge is 2.16. The van der Waals surface area contributed by atoms with Gasteiger partial charge in [-0.1, -0.05) is 38.5 Å². The van der Waals surface area contributed by atoms with Crippen molar-refractivity contribution in [1.82, 2.24) is 0 Å². The first-order valence-electron chi connectivity index (χ1n) is 6.07. The van der Waals surface area contributed by atoms with Gasteiger partial charge in [0.05, 0.1) is 0 Å². The Kier molecular flexibility index (Phi) is 3.65. The Hall–Kier alpha value is -1.25. The smallest absolute Gasteiger partial charge is 0.371 e. The number of hydrogen-bond donors (Lipinski definition) is 1. The van der Waals surface area contributed by atoms with Crippen molar-refractivity contribution in [3.8, 4) is 0 Å². The molecular weight excluding hydrogens is 204 g/mol. The number of hydrogen-bond acceptors (Lipinski definition) is 2. The summed E-state index contributed by atoms with van der Waals surface area (Å²) in [5.41, 5.74) is 0. The highest BCUT2D eigenvalue weighted by atomic mass is 16.4. The second-order valence-electron chi connectivity index (χ2n) is 4.63. The molecule has 0 spiro atoms. The Morgan fingerprint density at radius 3 is 2.50 bits per heavy atom. The van der Waals surface area contributed by atoms with E-state index in [2.05, 4.69) is 0 Å².